The molecular formula is C4H4O7SSn. The van der Waals surface area contributed by atoms with Gasteiger partial charge in [0.25, 0.3) is 0 Å². The van der Waals surface area contributed by atoms with Crippen LogP contribution in [-0.2, 0) is 25.9 Å². The van der Waals surface area contributed by atoms with E-state index in [1.165, 1.54) is 0 Å². The zero-order valence-electron chi connectivity index (χ0n) is 6.09. The fourth-order valence-electron chi connectivity index (χ4n) is 0.677. The molecule has 13 heavy (non-hydrogen) atoms. The van der Waals surface area contributed by atoms with E-state index in [0.717, 1.165) is 0 Å². The molecule has 0 bridgehead atoms. The molecule has 72 valence electrons. The molecule has 1 aliphatic heterocycles. The van der Waals surface area contributed by atoms with Crippen LogP contribution in [-0.4, -0.2) is 52.1 Å². The maximum atomic E-state index is 10.9. The van der Waals surface area contributed by atoms with Gasteiger partial charge in [0.05, 0.1) is 0 Å². The summed E-state index contributed by atoms with van der Waals surface area (Å²) in [6, 6.07) is 0. The average molecular weight is 315 g/mol. The zero-order valence-corrected chi connectivity index (χ0v) is 9.76. The van der Waals surface area contributed by atoms with Gasteiger partial charge in [-0.3, -0.25) is 0 Å². The summed E-state index contributed by atoms with van der Waals surface area (Å²) < 4.78 is 38.4. The van der Waals surface area contributed by atoms with Crippen molar-refractivity contribution >= 4 is 44.0 Å². The molecule has 2 radical (unpaired) electrons. The molecular weight excluding hydrogens is 311 g/mol. The van der Waals surface area contributed by atoms with Crippen molar-refractivity contribution in [2.75, 3.05) is 0 Å². The molecule has 0 aromatic heterocycles. The van der Waals surface area contributed by atoms with Crippen molar-refractivity contribution in [1.82, 2.24) is 0 Å². The molecule has 0 aromatic rings. The van der Waals surface area contributed by atoms with Crippen molar-refractivity contribution in [3.8, 4) is 0 Å². The van der Waals surface area contributed by atoms with Gasteiger partial charge in [-0.15, -0.1) is 0 Å². The Labute approximate surface area is 84.5 Å². The first-order chi connectivity index (χ1) is 5.91. The van der Waals surface area contributed by atoms with Crippen molar-refractivity contribution in [3.05, 3.63) is 0 Å². The van der Waals surface area contributed by atoms with Crippen molar-refractivity contribution in [2.45, 2.75) is 11.7 Å². The number of carbonyl (C=O) groups is 2. The Balaban J connectivity index is 2.92. The van der Waals surface area contributed by atoms with Crippen molar-refractivity contribution in [3.63, 3.8) is 0 Å². The van der Waals surface area contributed by atoms with Crippen molar-refractivity contribution in [2.24, 2.45) is 0 Å². The number of hydrogen-bond donors (Lipinski definition) is 1. The Morgan fingerprint density at radius 2 is 2.00 bits per heavy atom. The van der Waals surface area contributed by atoms with Gasteiger partial charge in [-0.25, -0.2) is 0 Å². The Morgan fingerprint density at radius 1 is 1.38 bits per heavy atom. The fraction of sp³-hybridized carbons (Fsp3) is 0.500. The summed E-state index contributed by atoms with van der Waals surface area (Å²) in [5, 5.41) is -1.83. The predicted molar refractivity (Wildman–Crippen MR) is 37.9 cm³/mol. The molecule has 0 aromatic carbocycles. The van der Waals surface area contributed by atoms with Crippen LogP contribution in [0.15, 0.2) is 0 Å². The molecule has 1 atom stereocenters. The van der Waals surface area contributed by atoms with Gasteiger partial charge in [0.1, 0.15) is 0 Å². The minimum absolute atomic E-state index is 0.682. The maximum absolute atomic E-state index is 10.9. The van der Waals surface area contributed by atoms with E-state index >= 15 is 0 Å². The van der Waals surface area contributed by atoms with Gasteiger partial charge < -0.3 is 0 Å². The number of rotatable bonds is 1. The van der Waals surface area contributed by atoms with E-state index in [2.05, 4.69) is 6.15 Å². The van der Waals surface area contributed by atoms with Crippen molar-refractivity contribution < 1.29 is 28.7 Å². The summed E-state index contributed by atoms with van der Waals surface area (Å²) in [5.41, 5.74) is 0. The molecule has 0 spiro atoms. The molecule has 0 aliphatic carbocycles. The van der Waals surface area contributed by atoms with E-state index < -0.39 is 55.7 Å². The number of carbonyl (C=O) groups excluding carboxylic acids is 2. The predicted octanol–water partition coefficient (Wildman–Crippen LogP) is -1.73. The van der Waals surface area contributed by atoms with Gasteiger partial charge in [-0.2, -0.15) is 0 Å². The summed E-state index contributed by atoms with van der Waals surface area (Å²) in [7, 11) is -4.58. The fourth-order valence-corrected chi connectivity index (χ4v) is 2.82. The SMILES string of the molecule is O=C1CC(S(=O)(=O)O)C(=O)[O][Sn][O]1. The summed E-state index contributed by atoms with van der Waals surface area (Å²) in [6.45, 7) is 0. The van der Waals surface area contributed by atoms with Crippen LogP contribution in [0.25, 0.3) is 0 Å². The minimum atomic E-state index is -4.58. The molecule has 0 saturated carbocycles. The first kappa shape index (κ1) is 10.7. The van der Waals surface area contributed by atoms with Gasteiger partial charge in [0, 0.05) is 0 Å². The third kappa shape index (κ3) is 2.81. The van der Waals surface area contributed by atoms with Crippen LogP contribution in [0, 0.1) is 0 Å². The molecule has 1 fully saturated rings. The molecule has 1 aliphatic rings. The molecule has 1 unspecified atom stereocenters. The monoisotopic (exact) mass is 316 g/mol. The molecule has 1 saturated heterocycles. The molecule has 1 heterocycles. The summed E-state index contributed by atoms with van der Waals surface area (Å²) in [4.78, 5) is 21.6. The van der Waals surface area contributed by atoms with Crippen LogP contribution < -0.4 is 0 Å². The summed E-state index contributed by atoms with van der Waals surface area (Å²) in [6.07, 6.45) is -0.682. The van der Waals surface area contributed by atoms with E-state index in [1.54, 1.807) is 0 Å². The topological polar surface area (TPSA) is 107 Å². The van der Waals surface area contributed by atoms with Crippen LogP contribution in [0.5, 0.6) is 0 Å². The first-order valence-corrected chi connectivity index (χ1v) is 6.86. The third-order valence-electron chi connectivity index (χ3n) is 1.27. The average Bonchev–Trinajstić information content (AvgIpc) is 2.11. The van der Waals surface area contributed by atoms with E-state index in [-0.39, 0.29) is 0 Å². The van der Waals surface area contributed by atoms with Crippen LogP contribution in [0.4, 0.5) is 0 Å². The Morgan fingerprint density at radius 3 is 2.54 bits per heavy atom. The molecule has 1 rings (SSSR count). The quantitative estimate of drug-likeness (QED) is 0.452. The van der Waals surface area contributed by atoms with Gasteiger partial charge in [0.2, 0.25) is 0 Å². The van der Waals surface area contributed by atoms with Crippen LogP contribution >= 0.6 is 0 Å². The molecule has 9 heteroatoms. The van der Waals surface area contributed by atoms with E-state index in [4.69, 9.17) is 4.55 Å². The summed E-state index contributed by atoms with van der Waals surface area (Å²) in [5.74, 6) is -1.94. The normalized spacial score (nSPS) is 24.5. The van der Waals surface area contributed by atoms with Crippen LogP contribution in [0.1, 0.15) is 6.42 Å². The third-order valence-corrected chi connectivity index (χ3v) is 4.05. The summed E-state index contributed by atoms with van der Waals surface area (Å²) >= 11 is -2.05. The van der Waals surface area contributed by atoms with Crippen molar-refractivity contribution in [1.29, 1.82) is 0 Å². The number of hydrogen-bond acceptors (Lipinski definition) is 6. The van der Waals surface area contributed by atoms with E-state index in [9.17, 15) is 18.0 Å². The first-order valence-electron chi connectivity index (χ1n) is 3.03. The van der Waals surface area contributed by atoms with Gasteiger partial charge in [-0.05, 0) is 0 Å². The van der Waals surface area contributed by atoms with Gasteiger partial charge in [0.15, 0.2) is 0 Å². The van der Waals surface area contributed by atoms with E-state index in [1.807, 2.05) is 0 Å². The molecule has 7 nitrogen and oxygen atoms in total. The Bertz CT molecular complexity index is 332. The second-order valence-corrected chi connectivity index (χ2v) is 5.43. The standard InChI is InChI=1S/C4H6O7S.Sn/c5-3(6)1-2(4(7)8)12(9,10)11;/h2H,1H2,(H,5,6)(H,7,8)(H,9,10,11);/q;+2/p-2. The van der Waals surface area contributed by atoms with Crippen LogP contribution in [0.3, 0.4) is 0 Å². The molecule has 1 N–H and O–H groups in total. The Kier molecular flexibility index (Phi) is 3.13. The zero-order chi connectivity index (χ0) is 10.1. The van der Waals surface area contributed by atoms with Gasteiger partial charge in [-0.1, -0.05) is 0 Å². The molecule has 0 amide bonds. The van der Waals surface area contributed by atoms with E-state index in [0.29, 0.717) is 0 Å². The van der Waals surface area contributed by atoms with Crippen LogP contribution in [0.2, 0.25) is 0 Å². The second kappa shape index (κ2) is 3.80. The Hall–Kier alpha value is -0.351. The van der Waals surface area contributed by atoms with Gasteiger partial charge >= 0.3 is 84.4 Å². The second-order valence-electron chi connectivity index (χ2n) is 2.19.